The van der Waals surface area contributed by atoms with Gasteiger partial charge in [0.05, 0.1) is 66.2 Å². The molecule has 2 aliphatic heterocycles. The topological polar surface area (TPSA) is 143 Å². The minimum atomic E-state index is -4.13. The Morgan fingerprint density at radius 1 is 1.22 bits per heavy atom. The number of nitrogens with zero attached hydrogens (tertiary/aromatic N) is 3. The summed E-state index contributed by atoms with van der Waals surface area (Å²) in [4.78, 5) is 22.1. The number of halogens is 2. The zero-order chi connectivity index (χ0) is 33.6. The number of amides is 1. The lowest BCUT2D eigenvalue weighted by Gasteiger charge is -2.47. The van der Waals surface area contributed by atoms with Gasteiger partial charge in [0.25, 0.3) is 0 Å². The first-order valence-electron chi connectivity index (χ1n) is 14.1. The van der Waals surface area contributed by atoms with Crippen molar-refractivity contribution in [3.63, 3.8) is 0 Å². The van der Waals surface area contributed by atoms with Crippen LogP contribution in [0.5, 0.6) is 5.75 Å². The standard InChI is InChI=1S/C28H27B4BrFN5O6S/c1-14(25(41)37-22(13-40)17-5-18(34)8-20(6-17)44-2)39-12-16-4-3-15(7-23(16)46(39,42)43)24-21(33)11-35-26(38-24)36-19-9-27(29,30)45-28(31,32)10-19/h3-8,11,14,19,22,40H,9-10,12-13H2,1-2H3,(H,37,41)(H,35,36,38). The fourth-order valence-electron chi connectivity index (χ4n) is 5.56. The summed E-state index contributed by atoms with van der Waals surface area (Å²) in [7, 11) is 21.0. The number of aromatic nitrogens is 2. The van der Waals surface area contributed by atoms with Crippen molar-refractivity contribution in [1.82, 2.24) is 19.6 Å². The Labute approximate surface area is 280 Å². The Morgan fingerprint density at radius 3 is 2.57 bits per heavy atom. The van der Waals surface area contributed by atoms with E-state index in [9.17, 15) is 22.7 Å². The third kappa shape index (κ3) is 7.30. The third-order valence-corrected chi connectivity index (χ3v) is 10.3. The summed E-state index contributed by atoms with van der Waals surface area (Å²) in [5.74, 6) is -0.903. The lowest BCUT2D eigenvalue weighted by molar-refractivity contribution is -0.125. The number of anilines is 1. The van der Waals surface area contributed by atoms with Gasteiger partial charge < -0.3 is 25.2 Å². The molecule has 0 spiro atoms. The Hall–Kier alpha value is -2.91. The second-order valence-electron chi connectivity index (χ2n) is 11.4. The summed E-state index contributed by atoms with van der Waals surface area (Å²) in [6.07, 6.45) is 1.82. The molecular weight excluding hydrogens is 677 g/mol. The number of fused-ring (bicyclic) bond motifs is 1. The molecule has 0 bridgehead atoms. The van der Waals surface area contributed by atoms with E-state index >= 15 is 0 Å². The quantitative estimate of drug-likeness (QED) is 0.282. The third-order valence-electron chi connectivity index (χ3n) is 7.68. The number of carbonyl (C=O) groups is 1. The normalized spacial score (nSPS) is 19.9. The average molecular weight is 704 g/mol. The zero-order valence-electron chi connectivity index (χ0n) is 24.9. The van der Waals surface area contributed by atoms with Gasteiger partial charge in [0.1, 0.15) is 17.6 Å². The molecule has 1 amide bonds. The molecule has 2 aliphatic rings. The van der Waals surface area contributed by atoms with Gasteiger partial charge in [-0.3, -0.25) is 4.79 Å². The van der Waals surface area contributed by atoms with E-state index in [4.69, 9.17) is 40.9 Å². The van der Waals surface area contributed by atoms with Crippen molar-refractivity contribution in [2.45, 2.75) is 60.1 Å². The number of rotatable bonds is 9. The van der Waals surface area contributed by atoms with Crippen molar-refractivity contribution >= 4 is 69.2 Å². The van der Waals surface area contributed by atoms with Crippen LogP contribution in [-0.2, 0) is 26.1 Å². The molecule has 2 unspecified atom stereocenters. The lowest BCUT2D eigenvalue weighted by atomic mass is 9.53. The van der Waals surface area contributed by atoms with Crippen molar-refractivity contribution in [2.24, 2.45) is 0 Å². The molecule has 8 radical (unpaired) electrons. The smallest absolute Gasteiger partial charge is 0.244 e. The number of nitrogens with one attached hydrogen (secondary N) is 2. The van der Waals surface area contributed by atoms with E-state index in [-0.39, 0.29) is 41.5 Å². The van der Waals surface area contributed by atoms with E-state index in [1.54, 1.807) is 12.1 Å². The number of hydrogen-bond donors (Lipinski definition) is 3. The lowest BCUT2D eigenvalue weighted by Crippen LogP contribution is -2.56. The van der Waals surface area contributed by atoms with Crippen molar-refractivity contribution < 1.29 is 32.2 Å². The highest BCUT2D eigenvalue weighted by Gasteiger charge is 2.41. The molecule has 46 heavy (non-hydrogen) atoms. The SMILES string of the molecule is [B]C1([B])CC(Nc2ncc(Br)c(-c3ccc4c(c3)S(=O)(=O)N(C(C)C(=O)NC(CO)c3cc(F)cc(OC)c3)C4)n2)CC([B])([B])O1. The van der Waals surface area contributed by atoms with Crippen LogP contribution in [0.15, 0.2) is 52.0 Å². The molecule has 0 saturated carbocycles. The monoisotopic (exact) mass is 703 g/mol. The molecule has 3 aromatic rings. The molecule has 11 nitrogen and oxygen atoms in total. The molecule has 1 aromatic heterocycles. The highest BCUT2D eigenvalue weighted by Crippen LogP contribution is 2.37. The van der Waals surface area contributed by atoms with Crippen LogP contribution in [0.2, 0.25) is 0 Å². The van der Waals surface area contributed by atoms with Gasteiger partial charge in [-0.1, -0.05) is 12.1 Å². The molecular formula is C28H27B4BrFN5O6S. The molecule has 232 valence electrons. The number of aliphatic hydroxyl groups is 1. The van der Waals surface area contributed by atoms with Crippen molar-refractivity contribution in [3.8, 4) is 17.0 Å². The first-order valence-corrected chi connectivity index (χ1v) is 16.3. The van der Waals surface area contributed by atoms with Gasteiger partial charge in [-0.25, -0.2) is 22.8 Å². The second-order valence-corrected chi connectivity index (χ2v) is 14.1. The number of sulfonamides is 1. The van der Waals surface area contributed by atoms with Crippen LogP contribution in [0.1, 0.15) is 36.9 Å². The van der Waals surface area contributed by atoms with Crippen LogP contribution in [-0.4, -0.2) is 102 Å². The van der Waals surface area contributed by atoms with E-state index in [2.05, 4.69) is 36.5 Å². The number of hydrogen-bond acceptors (Lipinski definition) is 9. The van der Waals surface area contributed by atoms with Gasteiger partial charge in [-0.2, -0.15) is 4.31 Å². The fraction of sp³-hybridized carbons (Fsp3) is 0.393. The first kappa shape index (κ1) is 34.4. The molecule has 2 atom stereocenters. The van der Waals surface area contributed by atoms with Gasteiger partial charge >= 0.3 is 0 Å². The molecule has 3 N–H and O–H groups in total. The van der Waals surface area contributed by atoms with Crippen molar-refractivity contribution in [3.05, 3.63) is 64.0 Å². The number of benzene rings is 2. The molecule has 5 rings (SSSR count). The Balaban J connectivity index is 1.35. The first-order chi connectivity index (χ1) is 21.5. The minimum Gasteiger partial charge on any atom is -0.497 e. The van der Waals surface area contributed by atoms with E-state index in [0.29, 0.717) is 21.3 Å². The maximum absolute atomic E-state index is 14.1. The largest absolute Gasteiger partial charge is 0.497 e. The number of carbonyl (C=O) groups excluding carboxylic acids is 1. The summed E-state index contributed by atoms with van der Waals surface area (Å²) in [5.41, 5.74) is 1.59. The molecule has 2 aromatic carbocycles. The highest BCUT2D eigenvalue weighted by molar-refractivity contribution is 9.10. The maximum atomic E-state index is 14.1. The van der Waals surface area contributed by atoms with Gasteiger partial charge in [0, 0.05) is 30.4 Å². The number of aliphatic hydroxyl groups excluding tert-OH is 1. The highest BCUT2D eigenvalue weighted by atomic mass is 79.9. The fourth-order valence-corrected chi connectivity index (χ4v) is 7.79. The van der Waals surface area contributed by atoms with Gasteiger partial charge in [0.15, 0.2) is 0 Å². The number of methoxy groups -OCH3 is 1. The summed E-state index contributed by atoms with van der Waals surface area (Å²) >= 11 is 3.44. The van der Waals surface area contributed by atoms with Crippen LogP contribution in [0, 0.1) is 5.82 Å². The predicted molar refractivity (Wildman–Crippen MR) is 174 cm³/mol. The predicted octanol–water partition coefficient (Wildman–Crippen LogP) is 1.37. The van der Waals surface area contributed by atoms with E-state index < -0.39 is 57.3 Å². The summed E-state index contributed by atoms with van der Waals surface area (Å²) in [6.45, 7) is 0.814. The minimum absolute atomic E-state index is 0.00905. The van der Waals surface area contributed by atoms with Crippen LogP contribution >= 0.6 is 15.9 Å². The maximum Gasteiger partial charge on any atom is 0.244 e. The van der Waals surface area contributed by atoms with E-state index in [1.165, 1.54) is 32.4 Å². The van der Waals surface area contributed by atoms with Crippen molar-refractivity contribution in [2.75, 3.05) is 19.0 Å². The van der Waals surface area contributed by atoms with Crippen LogP contribution in [0.3, 0.4) is 0 Å². The Bertz CT molecular complexity index is 1760. The van der Waals surface area contributed by atoms with Crippen LogP contribution in [0.25, 0.3) is 11.3 Å². The molecule has 18 heteroatoms. The van der Waals surface area contributed by atoms with Crippen LogP contribution in [0.4, 0.5) is 10.3 Å². The number of ether oxygens (including phenoxy) is 2. The summed E-state index contributed by atoms with van der Waals surface area (Å²) in [6, 6.07) is 6.03. The molecule has 1 fully saturated rings. The van der Waals surface area contributed by atoms with E-state index in [0.717, 1.165) is 16.4 Å². The summed E-state index contributed by atoms with van der Waals surface area (Å²) < 4.78 is 53.4. The Morgan fingerprint density at radius 2 is 1.91 bits per heavy atom. The average Bonchev–Trinajstić information content (AvgIpc) is 3.23. The van der Waals surface area contributed by atoms with Crippen molar-refractivity contribution in [1.29, 1.82) is 0 Å². The van der Waals surface area contributed by atoms with Gasteiger partial charge in [-0.15, -0.1) is 0 Å². The second kappa shape index (κ2) is 12.9. The zero-order valence-corrected chi connectivity index (χ0v) is 27.3. The van der Waals surface area contributed by atoms with Crippen LogP contribution < -0.4 is 15.4 Å². The van der Waals surface area contributed by atoms with Gasteiger partial charge in [0.2, 0.25) is 21.9 Å². The van der Waals surface area contributed by atoms with Gasteiger partial charge in [-0.05, 0) is 75.8 Å². The molecule has 1 saturated heterocycles. The molecule has 3 heterocycles. The molecule has 0 aliphatic carbocycles. The Kier molecular flexibility index (Phi) is 9.69. The summed E-state index contributed by atoms with van der Waals surface area (Å²) in [5, 5.41) is 12.5. The van der Waals surface area contributed by atoms with E-state index in [1.807, 2.05) is 0 Å².